The van der Waals surface area contributed by atoms with Crippen LogP contribution >= 0.6 is 0 Å². The monoisotopic (exact) mass is 325 g/mol. The van der Waals surface area contributed by atoms with E-state index in [0.717, 1.165) is 11.6 Å². The molecule has 24 heavy (non-hydrogen) atoms. The third kappa shape index (κ3) is 3.53. The van der Waals surface area contributed by atoms with E-state index in [9.17, 15) is 9.18 Å². The molecule has 0 aliphatic carbocycles. The van der Waals surface area contributed by atoms with Gasteiger partial charge in [-0.15, -0.1) is 0 Å². The molecule has 1 aliphatic heterocycles. The van der Waals surface area contributed by atoms with Crippen molar-refractivity contribution in [3.05, 3.63) is 65.5 Å². The van der Waals surface area contributed by atoms with E-state index < -0.39 is 5.82 Å². The molecule has 1 N–H and O–H groups in total. The number of amides is 2. The number of nitrogens with zero attached hydrogens (tertiary/aromatic N) is 2. The number of benzene rings is 2. The first-order valence-corrected chi connectivity index (χ1v) is 7.59. The zero-order chi connectivity index (χ0) is 16.9. The van der Waals surface area contributed by atoms with E-state index >= 15 is 0 Å². The van der Waals surface area contributed by atoms with Crippen LogP contribution in [0.4, 0.5) is 14.9 Å². The number of carbonyl (C=O) groups excluding carboxylic acids is 1. The molecule has 0 saturated carbocycles. The Kier molecular flexibility index (Phi) is 4.73. The van der Waals surface area contributed by atoms with Crippen molar-refractivity contribution >= 4 is 11.7 Å². The SMILES string of the molecule is N#Cc1cc(F)ccc1NC(=O)N1CCOC(c2ccccc2)C1. The summed E-state index contributed by atoms with van der Waals surface area (Å²) >= 11 is 0. The number of urea groups is 1. The molecule has 5 nitrogen and oxygen atoms in total. The molecule has 0 bridgehead atoms. The number of hydrogen-bond acceptors (Lipinski definition) is 3. The lowest BCUT2D eigenvalue weighted by molar-refractivity contribution is -0.0135. The Morgan fingerprint density at radius 1 is 1.29 bits per heavy atom. The molecule has 0 radical (unpaired) electrons. The minimum atomic E-state index is -0.514. The maximum atomic E-state index is 13.2. The van der Waals surface area contributed by atoms with Gasteiger partial charge in [0, 0.05) is 6.54 Å². The molecule has 0 aromatic heterocycles. The van der Waals surface area contributed by atoms with E-state index in [0.29, 0.717) is 25.4 Å². The lowest BCUT2D eigenvalue weighted by atomic mass is 10.1. The summed E-state index contributed by atoms with van der Waals surface area (Å²) in [6, 6.07) is 14.9. The third-order valence-corrected chi connectivity index (χ3v) is 3.87. The minimum absolute atomic E-state index is 0.0937. The number of morpholine rings is 1. The van der Waals surface area contributed by atoms with Crippen molar-refractivity contribution in [3.63, 3.8) is 0 Å². The smallest absolute Gasteiger partial charge is 0.322 e. The van der Waals surface area contributed by atoms with Gasteiger partial charge >= 0.3 is 6.03 Å². The number of ether oxygens (including phenoxy) is 1. The van der Waals surface area contributed by atoms with Gasteiger partial charge in [-0.1, -0.05) is 30.3 Å². The highest BCUT2D eigenvalue weighted by Gasteiger charge is 2.25. The molecule has 1 unspecified atom stereocenters. The lowest BCUT2D eigenvalue weighted by Crippen LogP contribution is -2.44. The van der Waals surface area contributed by atoms with Crippen LogP contribution in [0.5, 0.6) is 0 Å². The van der Waals surface area contributed by atoms with E-state index in [1.54, 1.807) is 4.90 Å². The fourth-order valence-electron chi connectivity index (χ4n) is 2.62. The van der Waals surface area contributed by atoms with Crippen molar-refractivity contribution in [1.82, 2.24) is 4.90 Å². The fraction of sp³-hybridized carbons (Fsp3) is 0.222. The van der Waals surface area contributed by atoms with E-state index in [4.69, 9.17) is 10.00 Å². The fourth-order valence-corrected chi connectivity index (χ4v) is 2.62. The second-order valence-electron chi connectivity index (χ2n) is 5.45. The highest BCUT2D eigenvalue weighted by atomic mass is 19.1. The molecule has 3 rings (SSSR count). The van der Waals surface area contributed by atoms with E-state index in [-0.39, 0.29) is 17.7 Å². The Balaban J connectivity index is 1.70. The molecule has 1 aliphatic rings. The summed E-state index contributed by atoms with van der Waals surface area (Å²) in [4.78, 5) is 14.1. The predicted octanol–water partition coefficient (Wildman–Crippen LogP) is 3.30. The van der Waals surface area contributed by atoms with Gasteiger partial charge in [-0.25, -0.2) is 9.18 Å². The van der Waals surface area contributed by atoms with Gasteiger partial charge in [0.25, 0.3) is 0 Å². The first kappa shape index (κ1) is 16.0. The minimum Gasteiger partial charge on any atom is -0.370 e. The molecule has 6 heteroatoms. The van der Waals surface area contributed by atoms with Gasteiger partial charge in [-0.2, -0.15) is 5.26 Å². The summed E-state index contributed by atoms with van der Waals surface area (Å²) in [5.74, 6) is -0.514. The number of carbonyl (C=O) groups is 1. The first-order valence-electron chi connectivity index (χ1n) is 7.59. The molecular weight excluding hydrogens is 309 g/mol. The Labute approximate surface area is 139 Å². The number of nitrogens with one attached hydrogen (secondary N) is 1. The van der Waals surface area contributed by atoms with E-state index in [2.05, 4.69) is 5.32 Å². The number of halogens is 1. The van der Waals surface area contributed by atoms with Gasteiger partial charge in [0.1, 0.15) is 18.0 Å². The van der Waals surface area contributed by atoms with E-state index in [1.165, 1.54) is 12.1 Å². The van der Waals surface area contributed by atoms with Gasteiger partial charge in [-0.3, -0.25) is 0 Å². The summed E-state index contributed by atoms with van der Waals surface area (Å²) in [7, 11) is 0. The van der Waals surface area contributed by atoms with Gasteiger partial charge in [0.15, 0.2) is 0 Å². The highest BCUT2D eigenvalue weighted by molar-refractivity contribution is 5.90. The van der Waals surface area contributed by atoms with Crippen LogP contribution in [0.25, 0.3) is 0 Å². The summed E-state index contributed by atoms with van der Waals surface area (Å²) < 4.78 is 18.9. The standard InChI is InChI=1S/C18H16FN3O2/c19-15-6-7-16(14(10-15)11-20)21-18(23)22-8-9-24-17(12-22)13-4-2-1-3-5-13/h1-7,10,17H,8-9,12H2,(H,21,23). The summed E-state index contributed by atoms with van der Waals surface area (Å²) in [5, 5.41) is 11.7. The Hall–Kier alpha value is -2.91. The third-order valence-electron chi connectivity index (χ3n) is 3.87. The molecule has 0 spiro atoms. The van der Waals surface area contributed by atoms with Crippen LogP contribution in [0.3, 0.4) is 0 Å². The second-order valence-corrected chi connectivity index (χ2v) is 5.45. The second kappa shape index (κ2) is 7.11. The van der Waals surface area contributed by atoms with Crippen LogP contribution in [-0.2, 0) is 4.74 Å². The Morgan fingerprint density at radius 2 is 2.08 bits per heavy atom. The molecule has 2 aromatic carbocycles. The van der Waals surface area contributed by atoms with Crippen molar-refractivity contribution in [1.29, 1.82) is 5.26 Å². The molecule has 2 aromatic rings. The zero-order valence-corrected chi connectivity index (χ0v) is 12.9. The van der Waals surface area contributed by atoms with Gasteiger partial charge in [0.05, 0.1) is 24.4 Å². The molecule has 2 amide bonds. The van der Waals surface area contributed by atoms with Crippen LogP contribution < -0.4 is 5.32 Å². The highest BCUT2D eigenvalue weighted by Crippen LogP contribution is 2.23. The van der Waals surface area contributed by atoms with Crippen molar-refractivity contribution < 1.29 is 13.9 Å². The average molecular weight is 325 g/mol. The van der Waals surface area contributed by atoms with Crippen LogP contribution in [0.15, 0.2) is 48.5 Å². The summed E-state index contributed by atoms with van der Waals surface area (Å²) in [6.45, 7) is 1.30. The molecule has 1 atom stereocenters. The number of rotatable bonds is 2. The molecular formula is C18H16FN3O2. The molecule has 1 heterocycles. The Bertz CT molecular complexity index is 774. The van der Waals surface area contributed by atoms with Gasteiger partial charge < -0.3 is 15.0 Å². The van der Waals surface area contributed by atoms with Crippen LogP contribution in [0.2, 0.25) is 0 Å². The molecule has 1 fully saturated rings. The van der Waals surface area contributed by atoms with E-state index in [1.807, 2.05) is 36.4 Å². The maximum absolute atomic E-state index is 13.2. The average Bonchev–Trinajstić information content (AvgIpc) is 2.64. The van der Waals surface area contributed by atoms with Crippen molar-refractivity contribution in [3.8, 4) is 6.07 Å². The van der Waals surface area contributed by atoms with Crippen LogP contribution in [0, 0.1) is 17.1 Å². The zero-order valence-electron chi connectivity index (χ0n) is 12.9. The number of hydrogen-bond donors (Lipinski definition) is 1. The molecule has 122 valence electrons. The maximum Gasteiger partial charge on any atom is 0.322 e. The summed E-state index contributed by atoms with van der Waals surface area (Å²) in [5.41, 5.74) is 1.40. The van der Waals surface area contributed by atoms with Crippen molar-refractivity contribution in [2.75, 3.05) is 25.0 Å². The first-order chi connectivity index (χ1) is 11.7. The summed E-state index contributed by atoms with van der Waals surface area (Å²) in [6.07, 6.45) is -0.186. The normalized spacial score (nSPS) is 17.2. The van der Waals surface area contributed by atoms with Crippen molar-refractivity contribution in [2.24, 2.45) is 0 Å². The lowest BCUT2D eigenvalue weighted by Gasteiger charge is -2.33. The van der Waals surface area contributed by atoms with Crippen molar-refractivity contribution in [2.45, 2.75) is 6.10 Å². The molecule has 1 saturated heterocycles. The number of anilines is 1. The quantitative estimate of drug-likeness (QED) is 0.921. The predicted molar refractivity (Wildman–Crippen MR) is 86.8 cm³/mol. The van der Waals surface area contributed by atoms with Gasteiger partial charge in [0.2, 0.25) is 0 Å². The number of nitriles is 1. The Morgan fingerprint density at radius 3 is 2.83 bits per heavy atom. The van der Waals surface area contributed by atoms with Gasteiger partial charge in [-0.05, 0) is 23.8 Å². The largest absolute Gasteiger partial charge is 0.370 e. The van der Waals surface area contributed by atoms with Crippen LogP contribution in [-0.4, -0.2) is 30.6 Å². The topological polar surface area (TPSA) is 65.4 Å². The van der Waals surface area contributed by atoms with Crippen LogP contribution in [0.1, 0.15) is 17.2 Å².